The topological polar surface area (TPSA) is 113 Å². The van der Waals surface area contributed by atoms with Gasteiger partial charge in [0.2, 0.25) is 0 Å². The molecule has 0 aliphatic carbocycles. The Labute approximate surface area is 313 Å². The van der Waals surface area contributed by atoms with Crippen LogP contribution in [0.25, 0.3) is 32.9 Å². The van der Waals surface area contributed by atoms with Crippen LogP contribution in [0.4, 0.5) is 15.0 Å². The quantitative estimate of drug-likeness (QED) is 0.132. The van der Waals surface area contributed by atoms with E-state index in [0.29, 0.717) is 75.4 Å². The molecular formula is C40H44ClFN6O5. The van der Waals surface area contributed by atoms with E-state index in [4.69, 9.17) is 47.2 Å². The number of ether oxygens (including phenoxy) is 3. The van der Waals surface area contributed by atoms with E-state index < -0.39 is 11.9 Å². The van der Waals surface area contributed by atoms with Gasteiger partial charge in [0.25, 0.3) is 0 Å². The first-order valence-corrected chi connectivity index (χ1v) is 18.9. The first kappa shape index (κ1) is 35.6. The highest BCUT2D eigenvalue weighted by Gasteiger charge is 2.51. The van der Waals surface area contributed by atoms with E-state index in [-0.39, 0.29) is 41.6 Å². The van der Waals surface area contributed by atoms with Gasteiger partial charge in [-0.25, -0.2) is 9.18 Å². The summed E-state index contributed by atoms with van der Waals surface area (Å²) in [5.74, 6) is 4.11. The third kappa shape index (κ3) is 6.16. The predicted octanol–water partition coefficient (Wildman–Crippen LogP) is 7.21. The van der Waals surface area contributed by atoms with Gasteiger partial charge in [0.05, 0.1) is 33.6 Å². The predicted molar refractivity (Wildman–Crippen MR) is 201 cm³/mol. The lowest BCUT2D eigenvalue weighted by Gasteiger charge is -2.40. The number of anilines is 1. The number of piperazine rings is 1. The lowest BCUT2D eigenvalue weighted by Crippen LogP contribution is -2.55. The highest BCUT2D eigenvalue weighted by molar-refractivity contribution is 6.33. The van der Waals surface area contributed by atoms with Crippen molar-refractivity contribution in [2.75, 3.05) is 51.6 Å². The third-order valence-corrected chi connectivity index (χ3v) is 12.3. The first-order chi connectivity index (χ1) is 25.7. The van der Waals surface area contributed by atoms with Gasteiger partial charge in [0, 0.05) is 50.4 Å². The Morgan fingerprint density at radius 1 is 1.08 bits per heavy atom. The number of pyridine rings is 1. The van der Waals surface area contributed by atoms with Crippen molar-refractivity contribution < 1.29 is 28.5 Å². The number of halogens is 2. The SMILES string of the molecule is C#Cc1c(Cl)ccc2cc(OCOC)cc(-c3ncc4c(N5C[C@H]6CC[C@@H](C5)N6C(=O)O)nc(OCC56CC(CC)CN5CC(CC)C6)nc4c3F)c12. The van der Waals surface area contributed by atoms with Gasteiger partial charge in [-0.2, -0.15) is 9.97 Å². The summed E-state index contributed by atoms with van der Waals surface area (Å²) in [6.07, 6.45) is 12.4. The number of benzene rings is 2. The van der Waals surface area contributed by atoms with Crippen LogP contribution >= 0.6 is 11.6 Å². The van der Waals surface area contributed by atoms with Crippen LogP contribution in [-0.2, 0) is 4.74 Å². The third-order valence-electron chi connectivity index (χ3n) is 12.0. The molecule has 0 spiro atoms. The second-order valence-corrected chi connectivity index (χ2v) is 15.5. The monoisotopic (exact) mass is 742 g/mol. The molecule has 0 radical (unpaired) electrons. The summed E-state index contributed by atoms with van der Waals surface area (Å²) in [4.78, 5) is 32.7. The zero-order valence-electron chi connectivity index (χ0n) is 30.3. The van der Waals surface area contributed by atoms with E-state index in [1.165, 1.54) is 7.11 Å². The molecule has 6 heterocycles. The van der Waals surface area contributed by atoms with Gasteiger partial charge in [-0.05, 0) is 61.1 Å². The number of carboxylic acid groups (broad SMARTS) is 1. The van der Waals surface area contributed by atoms with Crippen molar-refractivity contribution in [2.24, 2.45) is 11.8 Å². The number of amides is 1. The van der Waals surface area contributed by atoms with Crippen LogP contribution in [-0.4, -0.2) is 100 Å². The lowest BCUT2D eigenvalue weighted by atomic mass is 9.86. The lowest BCUT2D eigenvalue weighted by molar-refractivity contribution is 0.0512. The van der Waals surface area contributed by atoms with Crippen LogP contribution in [0.15, 0.2) is 30.5 Å². The molecular weight excluding hydrogens is 699 g/mol. The standard InChI is InChI=1S/C40H44ClFN6O5/c1-5-23-14-40(15-24(6-2)18-47(40)17-23)21-52-38-44-36-31(37(45-38)46-19-26-9-10-27(20-46)48(26)39(49)50)16-43-35(34(36)42)30-13-28(53-22-51-4)12-25-8-11-32(41)29(7-3)33(25)30/h3,8,11-13,16,23-24,26-27H,5-6,9-10,14-15,17-22H2,1-2,4H3,(H,49,50)/t23?,24?,26-,27+,40?. The minimum Gasteiger partial charge on any atom is -0.468 e. The molecule has 0 saturated carbocycles. The Bertz CT molecular complexity index is 2100. The molecule has 4 aromatic rings. The zero-order chi connectivity index (χ0) is 37.0. The molecule has 53 heavy (non-hydrogen) atoms. The Kier molecular flexibility index (Phi) is 9.46. The summed E-state index contributed by atoms with van der Waals surface area (Å²) >= 11 is 6.58. The molecule has 4 fully saturated rings. The van der Waals surface area contributed by atoms with E-state index in [1.54, 1.807) is 35.4 Å². The Morgan fingerprint density at radius 2 is 1.79 bits per heavy atom. The maximum Gasteiger partial charge on any atom is 0.407 e. The summed E-state index contributed by atoms with van der Waals surface area (Å²) in [6, 6.07) is 6.67. The fraction of sp³-hybridized carbons (Fsp3) is 0.500. The summed E-state index contributed by atoms with van der Waals surface area (Å²) in [7, 11) is 1.52. The van der Waals surface area contributed by atoms with Gasteiger partial charge in [-0.15, -0.1) is 6.42 Å². The molecule has 13 heteroatoms. The molecule has 11 nitrogen and oxygen atoms in total. The number of aromatic nitrogens is 3. The highest BCUT2D eigenvalue weighted by Crippen LogP contribution is 2.46. The molecule has 4 aliphatic rings. The summed E-state index contributed by atoms with van der Waals surface area (Å²) < 4.78 is 34.9. The van der Waals surface area contributed by atoms with Crippen molar-refractivity contribution in [3.05, 3.63) is 46.9 Å². The number of carbonyl (C=O) groups is 1. The van der Waals surface area contributed by atoms with Crippen LogP contribution < -0.4 is 14.4 Å². The number of terminal acetylenes is 1. The fourth-order valence-electron chi connectivity index (χ4n) is 9.44. The average Bonchev–Trinajstić information content (AvgIpc) is 3.78. The summed E-state index contributed by atoms with van der Waals surface area (Å²) in [5, 5.41) is 12.0. The van der Waals surface area contributed by atoms with Gasteiger partial charge in [-0.1, -0.05) is 50.3 Å². The normalized spacial score (nSPS) is 25.3. The van der Waals surface area contributed by atoms with E-state index in [2.05, 4.69) is 24.7 Å². The van der Waals surface area contributed by atoms with Gasteiger partial charge in [0.1, 0.15) is 29.4 Å². The van der Waals surface area contributed by atoms with Crippen molar-refractivity contribution in [3.8, 4) is 35.4 Å². The van der Waals surface area contributed by atoms with E-state index in [0.717, 1.165) is 51.6 Å². The first-order valence-electron chi connectivity index (χ1n) is 18.5. The largest absolute Gasteiger partial charge is 0.468 e. The van der Waals surface area contributed by atoms with Crippen molar-refractivity contribution >= 4 is 45.2 Å². The Hall–Kier alpha value is -4.44. The second-order valence-electron chi connectivity index (χ2n) is 15.1. The second kappa shape index (κ2) is 14.1. The van der Waals surface area contributed by atoms with E-state index in [1.807, 2.05) is 4.90 Å². The molecule has 2 unspecified atom stereocenters. The smallest absolute Gasteiger partial charge is 0.407 e. The van der Waals surface area contributed by atoms with Crippen molar-refractivity contribution in [1.29, 1.82) is 0 Å². The number of hydrogen-bond donors (Lipinski definition) is 1. The molecule has 278 valence electrons. The van der Waals surface area contributed by atoms with Gasteiger partial charge >= 0.3 is 12.1 Å². The maximum atomic E-state index is 17.3. The van der Waals surface area contributed by atoms with Crippen LogP contribution in [0.2, 0.25) is 5.02 Å². The Morgan fingerprint density at radius 3 is 2.43 bits per heavy atom. The van der Waals surface area contributed by atoms with Crippen LogP contribution in [0.5, 0.6) is 11.8 Å². The van der Waals surface area contributed by atoms with Crippen LogP contribution in [0.3, 0.4) is 0 Å². The van der Waals surface area contributed by atoms with Crippen molar-refractivity contribution in [3.63, 3.8) is 0 Å². The number of hydrogen-bond acceptors (Lipinski definition) is 9. The van der Waals surface area contributed by atoms with Gasteiger partial charge in [0.15, 0.2) is 12.6 Å². The van der Waals surface area contributed by atoms with E-state index in [9.17, 15) is 9.90 Å². The molecule has 2 aromatic heterocycles. The number of nitrogens with zero attached hydrogens (tertiary/aromatic N) is 6. The van der Waals surface area contributed by atoms with Crippen LogP contribution in [0.1, 0.15) is 57.9 Å². The minimum absolute atomic E-state index is 0.0144. The van der Waals surface area contributed by atoms with Crippen LogP contribution in [0, 0.1) is 30.0 Å². The van der Waals surface area contributed by atoms with Gasteiger partial charge in [-0.3, -0.25) is 14.8 Å². The fourth-order valence-corrected chi connectivity index (χ4v) is 9.65. The summed E-state index contributed by atoms with van der Waals surface area (Å²) in [6.45, 7) is 7.79. The molecule has 4 atom stereocenters. The minimum atomic E-state index is -0.922. The summed E-state index contributed by atoms with van der Waals surface area (Å²) in [5.41, 5.74) is 0.741. The van der Waals surface area contributed by atoms with Crippen molar-refractivity contribution in [1.82, 2.24) is 24.8 Å². The molecule has 2 aromatic carbocycles. The molecule has 1 N–H and O–H groups in total. The van der Waals surface area contributed by atoms with E-state index >= 15 is 4.39 Å². The number of rotatable bonds is 10. The zero-order valence-corrected chi connectivity index (χ0v) is 31.0. The molecule has 4 saturated heterocycles. The number of methoxy groups -OCH3 is 1. The number of fused-ring (bicyclic) bond motifs is 5. The average molecular weight is 743 g/mol. The molecule has 1 amide bonds. The van der Waals surface area contributed by atoms with Gasteiger partial charge < -0.3 is 24.2 Å². The molecule has 2 bridgehead atoms. The maximum absolute atomic E-state index is 17.3. The Balaban J connectivity index is 1.26. The molecule has 8 rings (SSSR count). The molecule has 4 aliphatic heterocycles. The van der Waals surface area contributed by atoms with Crippen molar-refractivity contribution in [2.45, 2.75) is 70.0 Å². The highest BCUT2D eigenvalue weighted by atomic mass is 35.5.